The van der Waals surface area contributed by atoms with Crippen LogP contribution in [-0.2, 0) is 14.3 Å². The fraction of sp³-hybridized carbons (Fsp3) is 0.167. The zero-order valence-electron chi connectivity index (χ0n) is 12.2. The molecule has 0 radical (unpaired) electrons. The van der Waals surface area contributed by atoms with Gasteiger partial charge in [0.05, 0.1) is 7.11 Å². The Balaban J connectivity index is 2.32. The number of carbonyl (C=O) groups excluding carboxylic acids is 1. The number of ether oxygens (including phenoxy) is 2. The average molecular weight is 282 g/mol. The van der Waals surface area contributed by atoms with Gasteiger partial charge in [-0.3, -0.25) is 0 Å². The molecule has 0 atom stereocenters. The maximum Gasteiger partial charge on any atom is 0.374 e. The van der Waals surface area contributed by atoms with Gasteiger partial charge in [-0.15, -0.1) is 0 Å². The standard InChI is InChI=1S/C18H18O3/c1-3-16(20-2)18(19)21-17(14-10-6-4-7-11-14)15-12-8-5-9-13-15/h3-13,17H,1-2H3. The predicted octanol–water partition coefficient (Wildman–Crippen LogP) is 3.87. The minimum absolute atomic E-state index is 0.201. The summed E-state index contributed by atoms with van der Waals surface area (Å²) in [5.41, 5.74) is 1.84. The van der Waals surface area contributed by atoms with Gasteiger partial charge in [-0.25, -0.2) is 4.79 Å². The van der Waals surface area contributed by atoms with E-state index in [-0.39, 0.29) is 5.76 Å². The summed E-state index contributed by atoms with van der Waals surface area (Å²) < 4.78 is 10.7. The smallest absolute Gasteiger partial charge is 0.374 e. The van der Waals surface area contributed by atoms with Crippen LogP contribution in [0.5, 0.6) is 0 Å². The van der Waals surface area contributed by atoms with Crippen molar-refractivity contribution in [2.24, 2.45) is 0 Å². The van der Waals surface area contributed by atoms with E-state index in [2.05, 4.69) is 0 Å². The van der Waals surface area contributed by atoms with Crippen LogP contribution >= 0.6 is 0 Å². The molecule has 108 valence electrons. The number of methoxy groups -OCH3 is 1. The number of hydrogen-bond donors (Lipinski definition) is 0. The summed E-state index contributed by atoms with van der Waals surface area (Å²) >= 11 is 0. The summed E-state index contributed by atoms with van der Waals surface area (Å²) in [4.78, 5) is 12.1. The molecule has 21 heavy (non-hydrogen) atoms. The van der Waals surface area contributed by atoms with E-state index in [0.29, 0.717) is 0 Å². The summed E-state index contributed by atoms with van der Waals surface area (Å²) in [6.07, 6.45) is 1.14. The van der Waals surface area contributed by atoms with Gasteiger partial charge in [-0.2, -0.15) is 0 Å². The number of carbonyl (C=O) groups is 1. The van der Waals surface area contributed by atoms with E-state index >= 15 is 0 Å². The molecule has 0 unspecified atom stereocenters. The topological polar surface area (TPSA) is 35.5 Å². The molecule has 0 heterocycles. The fourth-order valence-electron chi connectivity index (χ4n) is 2.07. The van der Waals surface area contributed by atoms with Crippen molar-refractivity contribution in [2.45, 2.75) is 13.0 Å². The van der Waals surface area contributed by atoms with Crippen LogP contribution in [0.4, 0.5) is 0 Å². The van der Waals surface area contributed by atoms with Crippen LogP contribution in [0.15, 0.2) is 72.5 Å². The van der Waals surface area contributed by atoms with Gasteiger partial charge in [0, 0.05) is 0 Å². The lowest BCUT2D eigenvalue weighted by Gasteiger charge is -2.19. The molecule has 3 heteroatoms. The Morgan fingerprint density at radius 3 is 1.81 bits per heavy atom. The molecule has 0 amide bonds. The first-order valence-electron chi connectivity index (χ1n) is 6.77. The first-order chi connectivity index (χ1) is 10.3. The van der Waals surface area contributed by atoms with E-state index in [9.17, 15) is 4.79 Å². The summed E-state index contributed by atoms with van der Waals surface area (Å²) in [5.74, 6) is -0.274. The molecule has 0 aliphatic carbocycles. The second-order valence-electron chi connectivity index (χ2n) is 4.46. The lowest BCUT2D eigenvalue weighted by atomic mass is 10.0. The molecule has 0 N–H and O–H groups in total. The number of esters is 1. The fourth-order valence-corrected chi connectivity index (χ4v) is 2.07. The molecule has 0 fully saturated rings. The van der Waals surface area contributed by atoms with Crippen LogP contribution in [0.1, 0.15) is 24.2 Å². The van der Waals surface area contributed by atoms with E-state index in [4.69, 9.17) is 9.47 Å². The quantitative estimate of drug-likeness (QED) is 0.474. The van der Waals surface area contributed by atoms with E-state index in [1.54, 1.807) is 13.0 Å². The van der Waals surface area contributed by atoms with Crippen LogP contribution in [0, 0.1) is 0 Å². The molecule has 0 bridgehead atoms. The van der Waals surface area contributed by atoms with Gasteiger partial charge < -0.3 is 9.47 Å². The van der Waals surface area contributed by atoms with Gasteiger partial charge in [-0.05, 0) is 24.1 Å². The van der Waals surface area contributed by atoms with Crippen LogP contribution in [0.2, 0.25) is 0 Å². The SMILES string of the molecule is CC=C(OC)C(=O)OC(c1ccccc1)c1ccccc1. The summed E-state index contributed by atoms with van der Waals surface area (Å²) in [7, 11) is 1.45. The van der Waals surface area contributed by atoms with Gasteiger partial charge in [0.1, 0.15) is 0 Å². The largest absolute Gasteiger partial charge is 0.490 e. The Bertz CT molecular complexity index is 563. The molecular weight excluding hydrogens is 264 g/mol. The average Bonchev–Trinajstić information content (AvgIpc) is 2.55. The van der Waals surface area contributed by atoms with Crippen molar-refractivity contribution in [1.82, 2.24) is 0 Å². The second-order valence-corrected chi connectivity index (χ2v) is 4.46. The highest BCUT2D eigenvalue weighted by atomic mass is 16.6. The number of rotatable bonds is 5. The molecule has 2 rings (SSSR count). The lowest BCUT2D eigenvalue weighted by Crippen LogP contribution is -2.15. The molecule has 0 spiro atoms. The number of hydrogen-bond acceptors (Lipinski definition) is 3. The summed E-state index contributed by atoms with van der Waals surface area (Å²) in [6, 6.07) is 19.3. The van der Waals surface area contributed by atoms with E-state index in [1.807, 2.05) is 60.7 Å². The zero-order chi connectivity index (χ0) is 15.1. The highest BCUT2D eigenvalue weighted by molar-refractivity contribution is 5.86. The van der Waals surface area contributed by atoms with Crippen molar-refractivity contribution < 1.29 is 14.3 Å². The van der Waals surface area contributed by atoms with Crippen molar-refractivity contribution in [3.8, 4) is 0 Å². The molecule has 0 aromatic heterocycles. The minimum atomic E-state index is -0.474. The van der Waals surface area contributed by atoms with Crippen molar-refractivity contribution in [3.05, 3.63) is 83.6 Å². The van der Waals surface area contributed by atoms with Gasteiger partial charge in [-0.1, -0.05) is 60.7 Å². The normalized spacial score (nSPS) is 11.3. The van der Waals surface area contributed by atoms with Crippen LogP contribution in [-0.4, -0.2) is 13.1 Å². The first kappa shape index (κ1) is 14.9. The van der Waals surface area contributed by atoms with E-state index in [0.717, 1.165) is 11.1 Å². The van der Waals surface area contributed by atoms with Crippen LogP contribution in [0.25, 0.3) is 0 Å². The Morgan fingerprint density at radius 1 is 0.952 bits per heavy atom. The number of allylic oxidation sites excluding steroid dienone is 1. The summed E-state index contributed by atoms with van der Waals surface area (Å²) in [6.45, 7) is 1.74. The van der Waals surface area contributed by atoms with E-state index < -0.39 is 12.1 Å². The van der Waals surface area contributed by atoms with Crippen molar-refractivity contribution in [2.75, 3.05) is 7.11 Å². The van der Waals surface area contributed by atoms with E-state index in [1.165, 1.54) is 7.11 Å². The predicted molar refractivity (Wildman–Crippen MR) is 81.6 cm³/mol. The highest BCUT2D eigenvalue weighted by Crippen LogP contribution is 2.26. The molecule has 2 aromatic rings. The maximum absolute atomic E-state index is 12.1. The first-order valence-corrected chi connectivity index (χ1v) is 6.77. The Labute approximate surface area is 124 Å². The molecule has 0 aliphatic heterocycles. The Hall–Kier alpha value is -2.55. The van der Waals surface area contributed by atoms with Crippen LogP contribution in [0.3, 0.4) is 0 Å². The molecule has 0 saturated heterocycles. The van der Waals surface area contributed by atoms with Crippen molar-refractivity contribution in [1.29, 1.82) is 0 Å². The number of benzene rings is 2. The van der Waals surface area contributed by atoms with Gasteiger partial charge in [0.15, 0.2) is 11.9 Å². The third-order valence-electron chi connectivity index (χ3n) is 3.11. The Kier molecular flexibility index (Phi) is 5.16. The molecule has 0 aliphatic rings. The molecule has 2 aromatic carbocycles. The van der Waals surface area contributed by atoms with Gasteiger partial charge in [0.25, 0.3) is 0 Å². The molecule has 3 nitrogen and oxygen atoms in total. The second kappa shape index (κ2) is 7.29. The van der Waals surface area contributed by atoms with Crippen molar-refractivity contribution >= 4 is 5.97 Å². The van der Waals surface area contributed by atoms with Gasteiger partial charge >= 0.3 is 5.97 Å². The highest BCUT2D eigenvalue weighted by Gasteiger charge is 2.21. The third-order valence-corrected chi connectivity index (χ3v) is 3.11. The Morgan fingerprint density at radius 2 is 1.43 bits per heavy atom. The summed E-state index contributed by atoms with van der Waals surface area (Å²) in [5, 5.41) is 0. The van der Waals surface area contributed by atoms with Gasteiger partial charge in [0.2, 0.25) is 0 Å². The van der Waals surface area contributed by atoms with Crippen LogP contribution < -0.4 is 0 Å². The van der Waals surface area contributed by atoms with Crippen molar-refractivity contribution in [3.63, 3.8) is 0 Å². The molecular formula is C18H18O3. The zero-order valence-corrected chi connectivity index (χ0v) is 12.2. The monoisotopic (exact) mass is 282 g/mol. The maximum atomic E-state index is 12.1. The third kappa shape index (κ3) is 3.72. The lowest BCUT2D eigenvalue weighted by molar-refractivity contribution is -0.146. The minimum Gasteiger partial charge on any atom is -0.490 e. The molecule has 0 saturated carbocycles.